The molecule has 0 spiro atoms. The number of H-pyrrole nitrogens is 1. The van der Waals surface area contributed by atoms with Crippen LogP contribution in [0.15, 0.2) is 6.07 Å². The first-order valence-corrected chi connectivity index (χ1v) is 3.31. The summed E-state index contributed by atoms with van der Waals surface area (Å²) < 4.78 is 0. The van der Waals surface area contributed by atoms with Crippen molar-refractivity contribution in [1.82, 2.24) is 10.2 Å². The van der Waals surface area contributed by atoms with Gasteiger partial charge in [-0.2, -0.15) is 5.10 Å². The van der Waals surface area contributed by atoms with Crippen LogP contribution in [0.2, 0.25) is 0 Å². The highest BCUT2D eigenvalue weighted by molar-refractivity contribution is 5.85. The predicted molar refractivity (Wildman–Crippen MR) is 47.8 cm³/mol. The van der Waals surface area contributed by atoms with Gasteiger partial charge in [0, 0.05) is 5.69 Å². The molecule has 0 aromatic carbocycles. The van der Waals surface area contributed by atoms with Crippen LogP contribution < -0.4 is 5.73 Å². The fourth-order valence-electron chi connectivity index (χ4n) is 0.748. The van der Waals surface area contributed by atoms with E-state index in [0.717, 1.165) is 11.4 Å². The summed E-state index contributed by atoms with van der Waals surface area (Å²) in [6.07, 6.45) is 0. The van der Waals surface area contributed by atoms with E-state index in [2.05, 4.69) is 10.2 Å². The van der Waals surface area contributed by atoms with E-state index in [9.17, 15) is 0 Å². The van der Waals surface area contributed by atoms with Gasteiger partial charge in [0.2, 0.25) is 0 Å². The van der Waals surface area contributed by atoms with E-state index in [1.165, 1.54) is 0 Å². The molecule has 0 atom stereocenters. The van der Waals surface area contributed by atoms with Crippen molar-refractivity contribution in [1.29, 1.82) is 0 Å². The number of nitrogens with one attached hydrogen (secondary N) is 1. The third-order valence-electron chi connectivity index (χ3n) is 1.37. The minimum atomic E-state index is -0.329. The predicted octanol–water partition coefficient (Wildman–Crippen LogP) is 1.33. The molecule has 3 nitrogen and oxygen atoms in total. The molecule has 0 aliphatic carbocycles. The number of rotatable bonds is 1. The Labute approximate surface area is 72.8 Å². The summed E-state index contributed by atoms with van der Waals surface area (Å²) in [7, 11) is 0. The lowest BCUT2D eigenvalue weighted by Crippen LogP contribution is -2.29. The molecule has 0 radical (unpaired) electrons. The zero-order chi connectivity index (χ0) is 7.78. The second kappa shape index (κ2) is 3.24. The number of aromatic nitrogens is 2. The summed E-state index contributed by atoms with van der Waals surface area (Å²) >= 11 is 0. The summed E-state index contributed by atoms with van der Waals surface area (Å²) in [5.41, 5.74) is 7.42. The van der Waals surface area contributed by atoms with Gasteiger partial charge < -0.3 is 5.73 Å². The fraction of sp³-hybridized carbons (Fsp3) is 0.571. The summed E-state index contributed by atoms with van der Waals surface area (Å²) in [5.74, 6) is 0. The molecule has 0 aliphatic rings. The summed E-state index contributed by atoms with van der Waals surface area (Å²) in [6.45, 7) is 5.83. The van der Waals surface area contributed by atoms with E-state index in [4.69, 9.17) is 5.73 Å². The van der Waals surface area contributed by atoms with E-state index < -0.39 is 0 Å². The van der Waals surface area contributed by atoms with Crippen molar-refractivity contribution in [2.75, 3.05) is 0 Å². The number of hydrogen-bond acceptors (Lipinski definition) is 2. The highest BCUT2D eigenvalue weighted by atomic mass is 35.5. The number of halogens is 1. The van der Waals surface area contributed by atoms with Gasteiger partial charge in [0.1, 0.15) is 0 Å². The summed E-state index contributed by atoms with van der Waals surface area (Å²) in [6, 6.07) is 1.96. The Bertz CT molecular complexity index is 224. The molecule has 0 saturated carbocycles. The average Bonchev–Trinajstić information content (AvgIpc) is 2.11. The zero-order valence-corrected chi connectivity index (χ0v) is 7.83. The molecule has 3 N–H and O–H groups in total. The van der Waals surface area contributed by atoms with Crippen LogP contribution in [0.25, 0.3) is 0 Å². The van der Waals surface area contributed by atoms with Gasteiger partial charge in [0.15, 0.2) is 0 Å². The van der Waals surface area contributed by atoms with E-state index in [0.29, 0.717) is 0 Å². The molecule has 0 saturated heterocycles. The maximum absolute atomic E-state index is 5.79. The second-order valence-corrected chi connectivity index (χ2v) is 3.16. The van der Waals surface area contributed by atoms with E-state index in [1.54, 1.807) is 0 Å². The minimum Gasteiger partial charge on any atom is -0.321 e. The van der Waals surface area contributed by atoms with Crippen molar-refractivity contribution >= 4 is 12.4 Å². The monoisotopic (exact) mass is 175 g/mol. The SMILES string of the molecule is Cc1cc(C(C)(C)N)n[nH]1.Cl. The van der Waals surface area contributed by atoms with Crippen LogP contribution in [0.3, 0.4) is 0 Å². The van der Waals surface area contributed by atoms with Gasteiger partial charge in [-0.3, -0.25) is 5.10 Å². The topological polar surface area (TPSA) is 54.7 Å². The molecule has 0 bridgehead atoms. The normalized spacial score (nSPS) is 10.9. The molecule has 1 rings (SSSR count). The lowest BCUT2D eigenvalue weighted by Gasteiger charge is -2.13. The van der Waals surface area contributed by atoms with Gasteiger partial charge in [0.05, 0.1) is 11.2 Å². The number of hydrogen-bond donors (Lipinski definition) is 2. The number of aryl methyl sites for hydroxylation is 1. The first kappa shape index (κ1) is 10.5. The van der Waals surface area contributed by atoms with E-state index >= 15 is 0 Å². The number of aromatic amines is 1. The van der Waals surface area contributed by atoms with Gasteiger partial charge in [-0.25, -0.2) is 0 Å². The minimum absolute atomic E-state index is 0. The van der Waals surface area contributed by atoms with Crippen molar-refractivity contribution in [2.45, 2.75) is 26.3 Å². The van der Waals surface area contributed by atoms with Crippen molar-refractivity contribution in [3.63, 3.8) is 0 Å². The maximum Gasteiger partial charge on any atom is 0.0817 e. The molecular weight excluding hydrogens is 162 g/mol. The van der Waals surface area contributed by atoms with Crippen molar-refractivity contribution < 1.29 is 0 Å². The Hall–Kier alpha value is -0.540. The van der Waals surface area contributed by atoms with Gasteiger partial charge >= 0.3 is 0 Å². The summed E-state index contributed by atoms with van der Waals surface area (Å²) in [4.78, 5) is 0. The van der Waals surface area contributed by atoms with Gasteiger partial charge in [0.25, 0.3) is 0 Å². The maximum atomic E-state index is 5.79. The van der Waals surface area contributed by atoms with Gasteiger partial charge in [-0.1, -0.05) is 0 Å². The van der Waals surface area contributed by atoms with E-state index in [-0.39, 0.29) is 17.9 Å². The highest BCUT2D eigenvalue weighted by Crippen LogP contribution is 2.13. The second-order valence-electron chi connectivity index (χ2n) is 3.16. The van der Waals surface area contributed by atoms with Crippen LogP contribution in [-0.2, 0) is 5.54 Å². The molecule has 0 fully saturated rings. The molecule has 0 unspecified atom stereocenters. The van der Waals surface area contributed by atoms with Crippen LogP contribution in [-0.4, -0.2) is 10.2 Å². The molecule has 11 heavy (non-hydrogen) atoms. The van der Waals surface area contributed by atoms with Crippen LogP contribution in [0.1, 0.15) is 25.2 Å². The molecule has 4 heteroatoms. The third kappa shape index (κ3) is 2.52. The molecule has 1 aromatic rings. The van der Waals surface area contributed by atoms with Crippen LogP contribution in [0.4, 0.5) is 0 Å². The molecular formula is C7H14ClN3. The fourth-order valence-corrected chi connectivity index (χ4v) is 0.748. The quantitative estimate of drug-likeness (QED) is 0.677. The highest BCUT2D eigenvalue weighted by Gasteiger charge is 2.16. The molecule has 1 heterocycles. The molecule has 0 aliphatic heterocycles. The van der Waals surface area contributed by atoms with Crippen molar-refractivity contribution in [3.05, 3.63) is 17.5 Å². The van der Waals surface area contributed by atoms with Crippen molar-refractivity contribution in [2.24, 2.45) is 5.73 Å². The zero-order valence-electron chi connectivity index (χ0n) is 7.01. The Morgan fingerprint density at radius 1 is 1.55 bits per heavy atom. The van der Waals surface area contributed by atoms with Crippen LogP contribution in [0, 0.1) is 6.92 Å². The van der Waals surface area contributed by atoms with Crippen LogP contribution in [0.5, 0.6) is 0 Å². The first-order valence-electron chi connectivity index (χ1n) is 3.31. The lowest BCUT2D eigenvalue weighted by atomic mass is 10.0. The third-order valence-corrected chi connectivity index (χ3v) is 1.37. The average molecular weight is 176 g/mol. The summed E-state index contributed by atoms with van der Waals surface area (Å²) in [5, 5.41) is 6.88. The first-order chi connectivity index (χ1) is 4.50. The van der Waals surface area contributed by atoms with Crippen LogP contribution >= 0.6 is 12.4 Å². The number of nitrogens with zero attached hydrogens (tertiary/aromatic N) is 1. The Balaban J connectivity index is 0.000001000. The standard InChI is InChI=1S/C7H13N3.ClH/c1-5-4-6(10-9-5)7(2,3)8;/h4H,8H2,1-3H3,(H,9,10);1H. The van der Waals surface area contributed by atoms with Gasteiger partial charge in [-0.05, 0) is 26.8 Å². The molecule has 0 amide bonds. The Morgan fingerprint density at radius 3 is 2.27 bits per heavy atom. The molecule has 1 aromatic heterocycles. The van der Waals surface area contributed by atoms with E-state index in [1.807, 2.05) is 26.8 Å². The lowest BCUT2D eigenvalue weighted by molar-refractivity contribution is 0.533. The Kier molecular flexibility index (Phi) is 3.08. The smallest absolute Gasteiger partial charge is 0.0817 e. The number of nitrogens with two attached hydrogens (primary N) is 1. The largest absolute Gasteiger partial charge is 0.321 e. The molecule has 64 valence electrons. The van der Waals surface area contributed by atoms with Crippen molar-refractivity contribution in [3.8, 4) is 0 Å². The Morgan fingerprint density at radius 2 is 2.09 bits per heavy atom. The van der Waals surface area contributed by atoms with Gasteiger partial charge in [-0.15, -0.1) is 12.4 Å².